The van der Waals surface area contributed by atoms with Crippen molar-refractivity contribution in [2.24, 2.45) is 45.6 Å². The number of ketones is 2. The van der Waals surface area contributed by atoms with Crippen LogP contribution in [0, 0.1) is 33.5 Å². The van der Waals surface area contributed by atoms with Gasteiger partial charge in [0.2, 0.25) is 0 Å². The number of rotatable bonds is 28. The number of carbonyl (C=O) groups is 3. The second kappa shape index (κ2) is 24.9. The van der Waals surface area contributed by atoms with Crippen LogP contribution >= 0.6 is 0 Å². The molecule has 17 nitrogen and oxygen atoms in total. The van der Waals surface area contributed by atoms with Gasteiger partial charge in [0.05, 0.1) is 47.7 Å². The fraction of sp³-hybridized carbons (Fsp3) is 0.786. The molecule has 0 aromatic heterocycles. The molecule has 60 heavy (non-hydrogen) atoms. The zero-order chi connectivity index (χ0) is 45.5. The number of nitrogens with two attached hydrogens (primary N) is 2. The fourth-order valence-corrected chi connectivity index (χ4v) is 8.26. The molecule has 6 N–H and O–H groups in total. The predicted molar refractivity (Wildman–Crippen MR) is 224 cm³/mol. The number of hydrazine groups is 1. The largest absolute Gasteiger partial charge is 0.401 e. The Morgan fingerprint density at radius 3 is 2.28 bits per heavy atom. The number of allylic oxidation sites excluding steroid dienone is 3. The van der Waals surface area contributed by atoms with Gasteiger partial charge in [-0.3, -0.25) is 9.59 Å². The van der Waals surface area contributed by atoms with Crippen LogP contribution in [0.4, 0.5) is 4.39 Å². The Labute approximate surface area is 354 Å². The number of halogens is 1. The van der Waals surface area contributed by atoms with Crippen molar-refractivity contribution in [3.8, 4) is 0 Å². The van der Waals surface area contributed by atoms with Crippen LogP contribution < -0.4 is 11.6 Å². The lowest BCUT2D eigenvalue weighted by Crippen LogP contribution is -2.59. The van der Waals surface area contributed by atoms with E-state index in [9.17, 15) is 38.8 Å². The van der Waals surface area contributed by atoms with Crippen LogP contribution in [0.25, 0.3) is 0 Å². The maximum atomic E-state index is 14.1. The second-order valence-electron chi connectivity index (χ2n) is 16.8. The zero-order valence-corrected chi connectivity index (χ0v) is 37.1. The van der Waals surface area contributed by atoms with E-state index in [2.05, 4.69) is 10.4 Å². The molecule has 1 saturated heterocycles. The van der Waals surface area contributed by atoms with Gasteiger partial charge < -0.3 is 49.6 Å². The third-order valence-corrected chi connectivity index (χ3v) is 12.3. The molecule has 1 heterocycles. The molecule has 14 atom stereocenters. The number of hydrogen-bond acceptors (Lipinski definition) is 17. The van der Waals surface area contributed by atoms with Crippen LogP contribution in [0.2, 0.25) is 0 Å². The van der Waals surface area contributed by atoms with Gasteiger partial charge in [-0.1, -0.05) is 44.5 Å². The van der Waals surface area contributed by atoms with Crippen molar-refractivity contribution in [2.75, 3.05) is 34.5 Å². The van der Waals surface area contributed by atoms with Crippen LogP contribution in [-0.2, 0) is 33.3 Å². The second-order valence-corrected chi connectivity index (χ2v) is 16.8. The standard InChI is InChI=1S/C42H71FN6O11/c1-11-34(57-9)39(54)38(53)27(5)36(51)24(2)20-42(7,58-10)40(28(6)37(52)25(3)23-50)60-41-35(47-56)33(18-26(4)59-41)48(8)17-16-30(44)22-49(45)32(21-43)19-29-12-14-31(46-55)15-13-29/h12,14,22-28,32-35,38-41,53-54H,11,13,15-21,44-45H2,1-10H3/b30-22-. The third-order valence-electron chi connectivity index (χ3n) is 12.3. The number of alkyl halides is 1. The van der Waals surface area contributed by atoms with Gasteiger partial charge in [-0.25, -0.2) is 10.2 Å². The summed E-state index contributed by atoms with van der Waals surface area (Å²) in [4.78, 5) is 64.6. The molecule has 0 radical (unpaired) electrons. The van der Waals surface area contributed by atoms with Crippen molar-refractivity contribution in [3.63, 3.8) is 0 Å². The van der Waals surface area contributed by atoms with E-state index in [1.165, 1.54) is 39.3 Å². The SMILES string of the molecule is CCC(OC)C(O)C(O)C(C)C(=O)C(C)CC(C)(OC)C(OC1OC(C)CC(N(C)CC/C(N)=C/N(N)C(CF)CC2=CC=C(N=O)CC2)C1N=O)C(C)C(=O)C(C)C=O. The molecule has 0 amide bonds. The summed E-state index contributed by atoms with van der Waals surface area (Å²) in [7, 11) is 4.61. The summed E-state index contributed by atoms with van der Waals surface area (Å²) in [5.41, 5.74) is 6.71. The highest BCUT2D eigenvalue weighted by Gasteiger charge is 2.50. The molecule has 1 aliphatic carbocycles. The molecular formula is C42H71FN6O11. The van der Waals surface area contributed by atoms with E-state index in [0.717, 1.165) is 5.57 Å². The summed E-state index contributed by atoms with van der Waals surface area (Å²) in [5, 5.41) is 29.3. The van der Waals surface area contributed by atoms with Crippen LogP contribution in [0.3, 0.4) is 0 Å². The fourth-order valence-electron chi connectivity index (χ4n) is 8.26. The minimum Gasteiger partial charge on any atom is -0.401 e. The highest BCUT2D eigenvalue weighted by atomic mass is 19.1. The number of nitrogens with zero attached hydrogens (tertiary/aromatic N) is 4. The smallest absolute Gasteiger partial charge is 0.185 e. The first-order chi connectivity index (χ1) is 28.3. The summed E-state index contributed by atoms with van der Waals surface area (Å²) in [5.74, 6) is 1.63. The Morgan fingerprint density at radius 1 is 1.10 bits per heavy atom. The first kappa shape index (κ1) is 52.8. The average molecular weight is 855 g/mol. The minimum absolute atomic E-state index is 0.0141. The van der Waals surface area contributed by atoms with E-state index in [0.29, 0.717) is 62.7 Å². The number of aliphatic hydroxyl groups is 2. The van der Waals surface area contributed by atoms with Crippen molar-refractivity contribution in [1.29, 1.82) is 0 Å². The molecule has 0 saturated carbocycles. The van der Waals surface area contributed by atoms with E-state index in [-0.39, 0.29) is 12.2 Å². The molecular weight excluding hydrogens is 783 g/mol. The van der Waals surface area contributed by atoms with Gasteiger partial charge in [-0.15, -0.1) is 4.91 Å². The Kier molecular flexibility index (Phi) is 21.9. The first-order valence-electron chi connectivity index (χ1n) is 20.8. The zero-order valence-electron chi connectivity index (χ0n) is 37.1. The van der Waals surface area contributed by atoms with Gasteiger partial charge in [-0.2, -0.15) is 4.91 Å². The molecule has 1 aliphatic heterocycles. The van der Waals surface area contributed by atoms with Crippen molar-refractivity contribution < 1.29 is 47.9 Å². The monoisotopic (exact) mass is 855 g/mol. The van der Waals surface area contributed by atoms with E-state index >= 15 is 0 Å². The van der Waals surface area contributed by atoms with Gasteiger partial charge >= 0.3 is 0 Å². The normalized spacial score (nSPS) is 25.6. The lowest BCUT2D eigenvalue weighted by molar-refractivity contribution is -0.269. The van der Waals surface area contributed by atoms with Crippen LogP contribution in [-0.4, -0.2) is 133 Å². The summed E-state index contributed by atoms with van der Waals surface area (Å²) < 4.78 is 38.2. The number of ether oxygens (including phenoxy) is 4. The van der Waals surface area contributed by atoms with E-state index in [4.69, 9.17) is 30.5 Å². The summed E-state index contributed by atoms with van der Waals surface area (Å²) in [6.45, 7) is 11.1. The average Bonchev–Trinajstić information content (AvgIpc) is 3.24. The maximum absolute atomic E-state index is 14.1. The van der Waals surface area contributed by atoms with Crippen molar-refractivity contribution >= 4 is 17.9 Å². The molecule has 2 aliphatic rings. The molecule has 14 unspecified atom stereocenters. The van der Waals surface area contributed by atoms with Crippen molar-refractivity contribution in [3.05, 3.63) is 45.1 Å². The van der Waals surface area contributed by atoms with Crippen LogP contribution in [0.5, 0.6) is 0 Å². The topological polar surface area (TPSA) is 246 Å². The van der Waals surface area contributed by atoms with E-state index in [1.807, 2.05) is 11.8 Å². The number of methoxy groups -OCH3 is 2. The molecule has 1 fully saturated rings. The Balaban J connectivity index is 2.33. The van der Waals surface area contributed by atoms with Crippen LogP contribution in [0.1, 0.15) is 93.4 Å². The highest BCUT2D eigenvalue weighted by Crippen LogP contribution is 2.37. The third kappa shape index (κ3) is 14.1. The van der Waals surface area contributed by atoms with Crippen molar-refractivity contribution in [1.82, 2.24) is 9.91 Å². The quantitative estimate of drug-likeness (QED) is 0.0283. The van der Waals surface area contributed by atoms with Gasteiger partial charge in [0.15, 0.2) is 12.3 Å². The number of Topliss-reactive ketones (excluding diaryl/α,β-unsaturated/α-hetero) is 2. The van der Waals surface area contributed by atoms with E-state index < -0.39 is 96.7 Å². The number of hydrogen-bond donors (Lipinski definition) is 4. The lowest BCUT2D eigenvalue weighted by atomic mass is 9.76. The molecule has 0 aromatic carbocycles. The highest BCUT2D eigenvalue weighted by molar-refractivity contribution is 5.94. The van der Waals surface area contributed by atoms with Gasteiger partial charge in [0.1, 0.15) is 30.6 Å². The Hall–Kier alpha value is -3.36. The Bertz CT molecular complexity index is 1510. The van der Waals surface area contributed by atoms with Gasteiger partial charge in [0.25, 0.3) is 0 Å². The molecule has 0 aromatic rings. The summed E-state index contributed by atoms with van der Waals surface area (Å²) in [6, 6.07) is -2.31. The lowest BCUT2D eigenvalue weighted by Gasteiger charge is -2.46. The molecule has 18 heteroatoms. The number of aliphatic hydroxyl groups excluding tert-OH is 2. The molecule has 0 spiro atoms. The Morgan fingerprint density at radius 2 is 1.77 bits per heavy atom. The maximum Gasteiger partial charge on any atom is 0.185 e. The first-order valence-corrected chi connectivity index (χ1v) is 20.8. The van der Waals surface area contributed by atoms with Gasteiger partial charge in [-0.05, 0) is 77.6 Å². The minimum atomic E-state index is -1.42. The van der Waals surface area contributed by atoms with E-state index in [1.54, 1.807) is 46.9 Å². The van der Waals surface area contributed by atoms with Crippen molar-refractivity contribution in [2.45, 2.75) is 154 Å². The summed E-state index contributed by atoms with van der Waals surface area (Å²) in [6.07, 6.45) is 1.57. The predicted octanol–water partition coefficient (Wildman–Crippen LogP) is 4.23. The number of nitroso groups, excluding NO2 is 2. The molecule has 2 rings (SSSR count). The number of carbonyl (C=O) groups excluding carboxylic acids is 3. The number of likely N-dealkylation sites (N-methyl/N-ethyl adjacent to an activating group) is 1. The summed E-state index contributed by atoms with van der Waals surface area (Å²) >= 11 is 0. The van der Waals surface area contributed by atoms with Gasteiger partial charge in [0, 0.05) is 62.9 Å². The number of aldehydes is 1. The molecule has 342 valence electrons. The molecule has 0 bridgehead atoms. The van der Waals surface area contributed by atoms with Crippen LogP contribution in [0.15, 0.2) is 45.7 Å².